The highest BCUT2D eigenvalue weighted by Gasteiger charge is 2.21. The summed E-state index contributed by atoms with van der Waals surface area (Å²) in [6, 6.07) is 8.25. The monoisotopic (exact) mass is 311 g/mol. The summed E-state index contributed by atoms with van der Waals surface area (Å²) in [6.45, 7) is 7.08. The number of hydrogen-bond donors (Lipinski definition) is 0. The van der Waals surface area contributed by atoms with E-state index in [2.05, 4.69) is 35.8 Å². The van der Waals surface area contributed by atoms with E-state index in [4.69, 9.17) is 0 Å². The first-order valence-corrected chi connectivity index (χ1v) is 7.45. The molecule has 1 aromatic rings. The van der Waals surface area contributed by atoms with Gasteiger partial charge in [-0.05, 0) is 31.4 Å². The minimum absolute atomic E-state index is 0.125. The number of benzene rings is 1. The highest BCUT2D eigenvalue weighted by atomic mass is 79.9. The molecule has 0 N–H and O–H groups in total. The summed E-state index contributed by atoms with van der Waals surface area (Å²) in [5, 5.41) is 0. The van der Waals surface area contributed by atoms with Crippen LogP contribution in [-0.2, 0) is 4.79 Å². The van der Waals surface area contributed by atoms with Crippen LogP contribution in [0, 0.1) is 0 Å². The maximum absolute atomic E-state index is 12.2. The molecule has 3 heteroatoms. The molecule has 1 aromatic carbocycles. The second-order valence-electron chi connectivity index (χ2n) is 4.53. The summed E-state index contributed by atoms with van der Waals surface area (Å²) < 4.78 is 1.07. The van der Waals surface area contributed by atoms with Gasteiger partial charge in [0.15, 0.2) is 0 Å². The summed E-state index contributed by atoms with van der Waals surface area (Å²) >= 11 is 3.57. The fourth-order valence-corrected chi connectivity index (χ4v) is 2.73. The van der Waals surface area contributed by atoms with Crippen LogP contribution in [0.25, 0.3) is 0 Å². The molecule has 0 aliphatic heterocycles. The fraction of sp³-hybridized carbons (Fsp3) is 0.533. The van der Waals surface area contributed by atoms with Crippen molar-refractivity contribution in [2.24, 2.45) is 0 Å². The summed E-state index contributed by atoms with van der Waals surface area (Å²) in [7, 11) is 0. The molecule has 0 aliphatic rings. The third kappa shape index (κ3) is 3.84. The van der Waals surface area contributed by atoms with Gasteiger partial charge in [-0.25, -0.2) is 0 Å². The molecule has 1 atom stereocenters. The number of amides is 1. The second kappa shape index (κ2) is 7.57. The van der Waals surface area contributed by atoms with Gasteiger partial charge >= 0.3 is 0 Å². The predicted octanol–water partition coefficient (Wildman–Crippen LogP) is 4.55. The van der Waals surface area contributed by atoms with Crippen LogP contribution in [0.3, 0.4) is 0 Å². The van der Waals surface area contributed by atoms with E-state index in [0.29, 0.717) is 6.42 Å². The van der Waals surface area contributed by atoms with Crippen LogP contribution >= 0.6 is 15.9 Å². The maximum Gasteiger partial charge on any atom is 0.223 e. The van der Waals surface area contributed by atoms with Crippen LogP contribution in [0.5, 0.6) is 0 Å². The Morgan fingerprint density at radius 3 is 2.50 bits per heavy atom. The van der Waals surface area contributed by atoms with E-state index in [1.807, 2.05) is 30.0 Å². The largest absolute Gasteiger partial charge is 0.336 e. The zero-order valence-corrected chi connectivity index (χ0v) is 13.0. The van der Waals surface area contributed by atoms with Gasteiger partial charge in [-0.15, -0.1) is 0 Å². The van der Waals surface area contributed by atoms with Gasteiger partial charge in [-0.1, -0.05) is 48.0 Å². The number of hydrogen-bond acceptors (Lipinski definition) is 1. The van der Waals surface area contributed by atoms with Crippen LogP contribution in [0.15, 0.2) is 28.7 Å². The van der Waals surface area contributed by atoms with Crippen molar-refractivity contribution in [3.63, 3.8) is 0 Å². The normalized spacial score (nSPS) is 12.2. The highest BCUT2D eigenvalue weighted by molar-refractivity contribution is 9.10. The van der Waals surface area contributed by atoms with E-state index >= 15 is 0 Å². The molecule has 0 saturated carbocycles. The Hall–Kier alpha value is -0.830. The SMILES string of the molecule is CCCC(=O)N(CCC)C(C)c1ccccc1Br. The van der Waals surface area contributed by atoms with Crippen LogP contribution in [0.1, 0.15) is 51.6 Å². The van der Waals surface area contributed by atoms with Crippen molar-refractivity contribution in [2.45, 2.75) is 46.1 Å². The van der Waals surface area contributed by atoms with Crippen molar-refractivity contribution < 1.29 is 4.79 Å². The highest BCUT2D eigenvalue weighted by Crippen LogP contribution is 2.28. The molecular weight excluding hydrogens is 290 g/mol. The predicted molar refractivity (Wildman–Crippen MR) is 79.5 cm³/mol. The van der Waals surface area contributed by atoms with Gasteiger partial charge in [0.2, 0.25) is 5.91 Å². The first-order valence-electron chi connectivity index (χ1n) is 6.65. The third-order valence-electron chi connectivity index (χ3n) is 3.07. The molecule has 100 valence electrons. The Balaban J connectivity index is 2.92. The van der Waals surface area contributed by atoms with E-state index in [0.717, 1.165) is 23.9 Å². The molecule has 0 aliphatic carbocycles. The van der Waals surface area contributed by atoms with Gasteiger partial charge in [0.05, 0.1) is 6.04 Å². The molecule has 0 spiro atoms. The van der Waals surface area contributed by atoms with Gasteiger partial charge in [-0.2, -0.15) is 0 Å². The lowest BCUT2D eigenvalue weighted by molar-refractivity contribution is -0.133. The molecule has 1 rings (SSSR count). The summed E-state index contributed by atoms with van der Waals surface area (Å²) in [4.78, 5) is 14.2. The standard InChI is InChI=1S/C15H22BrNO/c1-4-8-15(18)17(11-5-2)12(3)13-9-6-7-10-14(13)16/h6-7,9-10,12H,4-5,8,11H2,1-3H3. The number of carbonyl (C=O) groups is 1. The summed E-state index contributed by atoms with van der Waals surface area (Å²) in [5.41, 5.74) is 1.18. The fourth-order valence-electron chi connectivity index (χ4n) is 2.11. The lowest BCUT2D eigenvalue weighted by atomic mass is 10.1. The Labute approximate surface area is 119 Å². The molecule has 0 radical (unpaired) electrons. The van der Waals surface area contributed by atoms with Crippen LogP contribution in [0.2, 0.25) is 0 Å². The maximum atomic E-state index is 12.2. The van der Waals surface area contributed by atoms with E-state index in [1.165, 1.54) is 5.56 Å². The minimum Gasteiger partial charge on any atom is -0.336 e. The second-order valence-corrected chi connectivity index (χ2v) is 5.39. The number of rotatable bonds is 6. The van der Waals surface area contributed by atoms with Gasteiger partial charge in [0.1, 0.15) is 0 Å². The van der Waals surface area contributed by atoms with Gasteiger partial charge in [0, 0.05) is 17.4 Å². The topological polar surface area (TPSA) is 20.3 Å². The third-order valence-corrected chi connectivity index (χ3v) is 3.79. The summed E-state index contributed by atoms with van der Waals surface area (Å²) in [5.74, 6) is 0.252. The van der Waals surface area contributed by atoms with E-state index in [1.54, 1.807) is 0 Å². The smallest absolute Gasteiger partial charge is 0.223 e. The lowest BCUT2D eigenvalue weighted by Crippen LogP contribution is -2.34. The molecule has 1 amide bonds. The van der Waals surface area contributed by atoms with Crippen LogP contribution in [0.4, 0.5) is 0 Å². The molecule has 1 unspecified atom stereocenters. The van der Waals surface area contributed by atoms with E-state index < -0.39 is 0 Å². The zero-order valence-electron chi connectivity index (χ0n) is 11.4. The number of nitrogens with zero attached hydrogens (tertiary/aromatic N) is 1. The Morgan fingerprint density at radius 2 is 1.94 bits per heavy atom. The van der Waals surface area contributed by atoms with Crippen molar-refractivity contribution >= 4 is 21.8 Å². The number of halogens is 1. The molecule has 0 aromatic heterocycles. The van der Waals surface area contributed by atoms with Crippen molar-refractivity contribution in [2.75, 3.05) is 6.54 Å². The number of carbonyl (C=O) groups excluding carboxylic acids is 1. The van der Waals surface area contributed by atoms with Gasteiger partial charge in [-0.3, -0.25) is 4.79 Å². The van der Waals surface area contributed by atoms with Gasteiger partial charge < -0.3 is 4.90 Å². The first-order chi connectivity index (χ1) is 8.61. The first kappa shape index (κ1) is 15.2. The van der Waals surface area contributed by atoms with Crippen molar-refractivity contribution in [3.05, 3.63) is 34.3 Å². The minimum atomic E-state index is 0.125. The average Bonchev–Trinajstić information content (AvgIpc) is 2.36. The molecule has 0 saturated heterocycles. The molecule has 0 fully saturated rings. The van der Waals surface area contributed by atoms with E-state index in [9.17, 15) is 4.79 Å². The zero-order chi connectivity index (χ0) is 13.5. The van der Waals surface area contributed by atoms with Crippen LogP contribution < -0.4 is 0 Å². The average molecular weight is 312 g/mol. The van der Waals surface area contributed by atoms with Gasteiger partial charge in [0.25, 0.3) is 0 Å². The summed E-state index contributed by atoms with van der Waals surface area (Å²) in [6.07, 6.45) is 2.53. The molecule has 0 bridgehead atoms. The molecule has 18 heavy (non-hydrogen) atoms. The van der Waals surface area contributed by atoms with Crippen molar-refractivity contribution in [1.29, 1.82) is 0 Å². The van der Waals surface area contributed by atoms with E-state index in [-0.39, 0.29) is 11.9 Å². The molecule has 0 heterocycles. The lowest BCUT2D eigenvalue weighted by Gasteiger charge is -2.30. The Bertz CT molecular complexity index is 392. The van der Waals surface area contributed by atoms with Crippen molar-refractivity contribution in [1.82, 2.24) is 4.90 Å². The Kier molecular flexibility index (Phi) is 6.41. The Morgan fingerprint density at radius 1 is 1.28 bits per heavy atom. The molecular formula is C15H22BrNO. The molecule has 2 nitrogen and oxygen atoms in total. The quantitative estimate of drug-likeness (QED) is 0.754. The van der Waals surface area contributed by atoms with Crippen molar-refractivity contribution in [3.8, 4) is 0 Å². The van der Waals surface area contributed by atoms with Crippen LogP contribution in [-0.4, -0.2) is 17.4 Å².